The number of ether oxygens (including phenoxy) is 1. The van der Waals surface area contributed by atoms with E-state index in [2.05, 4.69) is 4.74 Å². The molecule has 0 spiro atoms. The number of alkyl halides is 1. The largest absolute Gasteiger partial charge is 0.466 e. The Labute approximate surface area is 71.2 Å². The second-order valence-electron chi connectivity index (χ2n) is 2.81. The molecule has 0 aliphatic heterocycles. The van der Waals surface area contributed by atoms with Crippen LogP contribution in [0.15, 0.2) is 11.6 Å². The Balaban J connectivity index is 2.63. The van der Waals surface area contributed by atoms with Crippen molar-refractivity contribution in [3.63, 3.8) is 0 Å². The molecule has 1 rings (SSSR count). The van der Waals surface area contributed by atoms with E-state index in [9.17, 15) is 4.79 Å². The topological polar surface area (TPSA) is 26.3 Å². The molecule has 2 atom stereocenters. The summed E-state index contributed by atoms with van der Waals surface area (Å²) in [4.78, 5) is 11.0. The zero-order chi connectivity index (χ0) is 8.43. The number of hydrogen-bond donors (Lipinski definition) is 0. The summed E-state index contributed by atoms with van der Waals surface area (Å²) in [5, 5.41) is -0.0101. The first-order chi connectivity index (χ1) is 5.15. The highest BCUT2D eigenvalue weighted by molar-refractivity contribution is 6.22. The van der Waals surface area contributed by atoms with Crippen LogP contribution in [-0.4, -0.2) is 18.5 Å². The van der Waals surface area contributed by atoms with E-state index in [0.29, 0.717) is 11.5 Å². The molecule has 0 radical (unpaired) electrons. The number of carbonyl (C=O) groups excluding carboxylic acids is 1. The van der Waals surface area contributed by atoms with Gasteiger partial charge in [0.1, 0.15) is 0 Å². The Kier molecular flexibility index (Phi) is 2.55. The molecule has 0 bridgehead atoms. The summed E-state index contributed by atoms with van der Waals surface area (Å²) < 4.78 is 4.56. The third-order valence-corrected chi connectivity index (χ3v) is 2.45. The predicted molar refractivity (Wildman–Crippen MR) is 43.5 cm³/mol. The Bertz CT molecular complexity index is 198. The lowest BCUT2D eigenvalue weighted by Gasteiger charge is -2.03. The van der Waals surface area contributed by atoms with E-state index in [1.54, 1.807) is 6.08 Å². The number of methoxy groups -OCH3 is 1. The highest BCUT2D eigenvalue weighted by Gasteiger charge is 2.25. The fourth-order valence-corrected chi connectivity index (χ4v) is 1.41. The monoisotopic (exact) mass is 174 g/mol. The number of allylic oxidation sites excluding steroid dienone is 1. The van der Waals surface area contributed by atoms with Crippen LogP contribution in [0.1, 0.15) is 13.3 Å². The van der Waals surface area contributed by atoms with Gasteiger partial charge in [-0.3, -0.25) is 0 Å². The van der Waals surface area contributed by atoms with Crippen LogP contribution in [0.5, 0.6) is 0 Å². The minimum atomic E-state index is -0.250. The van der Waals surface area contributed by atoms with Crippen LogP contribution < -0.4 is 0 Å². The number of esters is 1. The van der Waals surface area contributed by atoms with Crippen LogP contribution in [0.4, 0.5) is 0 Å². The maximum Gasteiger partial charge on any atom is 0.333 e. The third kappa shape index (κ3) is 1.74. The SMILES string of the molecule is COC(=O)C1=C[C@H](Cl)[C@@H](C)C1. The number of halogens is 1. The molecule has 0 heterocycles. The molecule has 11 heavy (non-hydrogen) atoms. The molecule has 0 N–H and O–H groups in total. The Morgan fingerprint density at radius 2 is 2.45 bits per heavy atom. The quantitative estimate of drug-likeness (QED) is 0.447. The molecule has 62 valence electrons. The maximum atomic E-state index is 11.0. The van der Waals surface area contributed by atoms with Crippen molar-refractivity contribution in [3.8, 4) is 0 Å². The van der Waals surface area contributed by atoms with E-state index in [0.717, 1.165) is 6.42 Å². The van der Waals surface area contributed by atoms with Crippen LogP contribution in [0.25, 0.3) is 0 Å². The van der Waals surface area contributed by atoms with Crippen molar-refractivity contribution in [1.29, 1.82) is 0 Å². The van der Waals surface area contributed by atoms with Crippen molar-refractivity contribution in [2.45, 2.75) is 18.7 Å². The second-order valence-corrected chi connectivity index (χ2v) is 3.31. The van der Waals surface area contributed by atoms with Crippen molar-refractivity contribution < 1.29 is 9.53 Å². The van der Waals surface area contributed by atoms with Crippen molar-refractivity contribution in [3.05, 3.63) is 11.6 Å². The van der Waals surface area contributed by atoms with Gasteiger partial charge >= 0.3 is 5.97 Å². The summed E-state index contributed by atoms with van der Waals surface area (Å²) in [5.41, 5.74) is 0.708. The third-order valence-electron chi connectivity index (χ3n) is 1.89. The fourth-order valence-electron chi connectivity index (χ4n) is 1.17. The van der Waals surface area contributed by atoms with Crippen LogP contribution in [0.3, 0.4) is 0 Å². The molecule has 0 saturated carbocycles. The molecule has 0 aromatic carbocycles. The molecule has 0 saturated heterocycles. The first-order valence-corrected chi connectivity index (χ1v) is 4.02. The highest BCUT2D eigenvalue weighted by atomic mass is 35.5. The van der Waals surface area contributed by atoms with Gasteiger partial charge in [0.2, 0.25) is 0 Å². The first-order valence-electron chi connectivity index (χ1n) is 3.58. The second kappa shape index (κ2) is 3.26. The summed E-state index contributed by atoms with van der Waals surface area (Å²) in [7, 11) is 1.38. The van der Waals surface area contributed by atoms with Gasteiger partial charge in [0, 0.05) is 5.57 Å². The zero-order valence-corrected chi connectivity index (χ0v) is 7.39. The summed E-state index contributed by atoms with van der Waals surface area (Å²) in [6, 6.07) is 0. The van der Waals surface area contributed by atoms with Gasteiger partial charge in [0.15, 0.2) is 0 Å². The molecule has 0 unspecified atom stereocenters. The Hall–Kier alpha value is -0.500. The van der Waals surface area contributed by atoms with Gasteiger partial charge in [-0.15, -0.1) is 11.6 Å². The molecule has 1 aliphatic carbocycles. The van der Waals surface area contributed by atoms with Gasteiger partial charge in [-0.2, -0.15) is 0 Å². The van der Waals surface area contributed by atoms with Crippen molar-refractivity contribution in [1.82, 2.24) is 0 Å². The lowest BCUT2D eigenvalue weighted by molar-refractivity contribution is -0.136. The average Bonchev–Trinajstić information content (AvgIpc) is 2.31. The average molecular weight is 175 g/mol. The predicted octanol–water partition coefficient (Wildman–Crippen LogP) is 1.73. The standard InChI is InChI=1S/C8H11ClO2/c1-5-3-6(4-7(5)9)8(10)11-2/h4-5,7H,3H2,1-2H3/t5-,7-/m0/s1. The molecule has 3 heteroatoms. The molecular formula is C8H11ClO2. The van der Waals surface area contributed by atoms with Crippen molar-refractivity contribution >= 4 is 17.6 Å². The van der Waals surface area contributed by atoms with Gasteiger partial charge in [-0.1, -0.05) is 13.0 Å². The lowest BCUT2D eigenvalue weighted by atomic mass is 10.1. The Morgan fingerprint density at radius 3 is 2.82 bits per heavy atom. The summed E-state index contributed by atoms with van der Waals surface area (Å²) >= 11 is 5.87. The number of carbonyl (C=O) groups is 1. The molecule has 0 fully saturated rings. The van der Waals surface area contributed by atoms with Gasteiger partial charge < -0.3 is 4.74 Å². The molecule has 0 amide bonds. The molecule has 2 nitrogen and oxygen atoms in total. The van der Waals surface area contributed by atoms with Crippen LogP contribution in [0, 0.1) is 5.92 Å². The van der Waals surface area contributed by atoms with Gasteiger partial charge in [0.25, 0.3) is 0 Å². The zero-order valence-electron chi connectivity index (χ0n) is 6.63. The summed E-state index contributed by atoms with van der Waals surface area (Å²) in [6.07, 6.45) is 2.51. The Morgan fingerprint density at radius 1 is 1.82 bits per heavy atom. The van der Waals surface area contributed by atoms with Crippen molar-refractivity contribution in [2.75, 3.05) is 7.11 Å². The number of hydrogen-bond acceptors (Lipinski definition) is 2. The van der Waals surface area contributed by atoms with E-state index in [-0.39, 0.29) is 11.3 Å². The summed E-state index contributed by atoms with van der Waals surface area (Å²) in [5.74, 6) is 0.103. The maximum absolute atomic E-state index is 11.0. The van der Waals surface area contributed by atoms with Gasteiger partial charge in [-0.05, 0) is 12.3 Å². The smallest absolute Gasteiger partial charge is 0.333 e. The minimum Gasteiger partial charge on any atom is -0.466 e. The first kappa shape index (κ1) is 8.60. The number of rotatable bonds is 1. The molecule has 0 aromatic heterocycles. The van der Waals surface area contributed by atoms with E-state index >= 15 is 0 Å². The van der Waals surface area contributed by atoms with Gasteiger partial charge in [0.05, 0.1) is 12.5 Å². The normalized spacial score (nSPS) is 29.9. The summed E-state index contributed by atoms with van der Waals surface area (Å²) in [6.45, 7) is 2.02. The molecular weight excluding hydrogens is 164 g/mol. The van der Waals surface area contributed by atoms with E-state index in [1.165, 1.54) is 7.11 Å². The van der Waals surface area contributed by atoms with Crippen molar-refractivity contribution in [2.24, 2.45) is 5.92 Å². The fraction of sp³-hybridized carbons (Fsp3) is 0.625. The van der Waals surface area contributed by atoms with E-state index in [1.807, 2.05) is 6.92 Å². The molecule has 1 aliphatic rings. The van der Waals surface area contributed by atoms with E-state index < -0.39 is 0 Å². The van der Waals surface area contributed by atoms with E-state index in [4.69, 9.17) is 11.6 Å². The lowest BCUT2D eigenvalue weighted by Crippen LogP contribution is -2.04. The van der Waals surface area contributed by atoms with Crippen LogP contribution in [0.2, 0.25) is 0 Å². The van der Waals surface area contributed by atoms with Crippen LogP contribution in [-0.2, 0) is 9.53 Å². The van der Waals surface area contributed by atoms with Gasteiger partial charge in [-0.25, -0.2) is 4.79 Å². The highest BCUT2D eigenvalue weighted by Crippen LogP contribution is 2.29. The van der Waals surface area contributed by atoms with Crippen LogP contribution >= 0.6 is 11.6 Å². The minimum absolute atomic E-state index is 0.0101. The molecule has 0 aromatic rings.